The Balaban J connectivity index is 2.76. The Morgan fingerprint density at radius 1 is 1.12 bits per heavy atom. The second-order valence-corrected chi connectivity index (χ2v) is 6.35. The van der Waals surface area contributed by atoms with Gasteiger partial charge in [-0.15, -0.1) is 0 Å². The zero-order valence-corrected chi connectivity index (χ0v) is 12.5. The Labute approximate surface area is 107 Å². The fourth-order valence-corrected chi connectivity index (χ4v) is 3.19. The van der Waals surface area contributed by atoms with Crippen LogP contribution in [0.1, 0.15) is 60.8 Å². The van der Waals surface area contributed by atoms with Crippen molar-refractivity contribution in [3.8, 4) is 0 Å². The summed E-state index contributed by atoms with van der Waals surface area (Å²) < 4.78 is 5.85. The molecular formula is C14H30N2O. The van der Waals surface area contributed by atoms with E-state index < -0.39 is 0 Å². The van der Waals surface area contributed by atoms with Crippen LogP contribution in [0.4, 0.5) is 0 Å². The highest BCUT2D eigenvalue weighted by molar-refractivity contribution is 4.98. The standard InChI is InChI=1S/C14H30N2O/c1-7-9-15-16-13(3,4)10-12(17-8-2)11-14(16,5)6/h12,15H,7-11H2,1-6H3. The zero-order valence-electron chi connectivity index (χ0n) is 12.5. The molecule has 0 aromatic carbocycles. The van der Waals surface area contributed by atoms with Gasteiger partial charge < -0.3 is 4.74 Å². The average molecular weight is 242 g/mol. The Hall–Kier alpha value is -0.120. The highest BCUT2D eigenvalue weighted by Gasteiger charge is 2.45. The molecule has 102 valence electrons. The Kier molecular flexibility index (Phi) is 4.99. The number of nitrogens with one attached hydrogen (secondary N) is 1. The van der Waals surface area contributed by atoms with Gasteiger partial charge in [-0.1, -0.05) is 6.92 Å². The normalized spacial score (nSPS) is 25.1. The third-order valence-corrected chi connectivity index (χ3v) is 3.59. The summed E-state index contributed by atoms with van der Waals surface area (Å²) in [6.45, 7) is 15.4. The van der Waals surface area contributed by atoms with Gasteiger partial charge in [0.05, 0.1) is 6.10 Å². The van der Waals surface area contributed by atoms with E-state index >= 15 is 0 Å². The summed E-state index contributed by atoms with van der Waals surface area (Å²) in [5, 5.41) is 2.44. The number of piperidine rings is 1. The molecular weight excluding hydrogens is 212 g/mol. The molecule has 3 nitrogen and oxygen atoms in total. The summed E-state index contributed by atoms with van der Waals surface area (Å²) in [4.78, 5) is 0. The lowest BCUT2D eigenvalue weighted by atomic mass is 9.79. The molecule has 17 heavy (non-hydrogen) atoms. The SMILES string of the molecule is CCCNN1C(C)(C)CC(OCC)CC1(C)C. The first-order valence-electron chi connectivity index (χ1n) is 6.99. The van der Waals surface area contributed by atoms with Crippen molar-refractivity contribution in [2.24, 2.45) is 0 Å². The van der Waals surface area contributed by atoms with Gasteiger partial charge in [-0.05, 0) is 53.9 Å². The van der Waals surface area contributed by atoms with E-state index in [1.165, 1.54) is 0 Å². The van der Waals surface area contributed by atoms with Crippen LogP contribution in [0.3, 0.4) is 0 Å². The summed E-state index contributed by atoms with van der Waals surface area (Å²) in [6, 6.07) is 0. The topological polar surface area (TPSA) is 24.5 Å². The Morgan fingerprint density at radius 2 is 1.65 bits per heavy atom. The van der Waals surface area contributed by atoms with Crippen molar-refractivity contribution < 1.29 is 4.74 Å². The van der Waals surface area contributed by atoms with Gasteiger partial charge in [-0.25, -0.2) is 5.01 Å². The number of hydrogen-bond acceptors (Lipinski definition) is 3. The zero-order chi connectivity index (χ0) is 13.1. The van der Waals surface area contributed by atoms with Crippen LogP contribution in [0.25, 0.3) is 0 Å². The van der Waals surface area contributed by atoms with Crippen molar-refractivity contribution in [1.82, 2.24) is 10.4 Å². The van der Waals surface area contributed by atoms with Crippen LogP contribution in [0.5, 0.6) is 0 Å². The largest absolute Gasteiger partial charge is 0.378 e. The lowest BCUT2D eigenvalue weighted by Gasteiger charge is -2.54. The molecule has 1 fully saturated rings. The van der Waals surface area contributed by atoms with E-state index in [0.717, 1.165) is 32.4 Å². The first-order valence-corrected chi connectivity index (χ1v) is 6.99. The second-order valence-electron chi connectivity index (χ2n) is 6.35. The molecule has 3 heteroatoms. The van der Waals surface area contributed by atoms with E-state index in [9.17, 15) is 0 Å². The molecule has 1 saturated heterocycles. The van der Waals surface area contributed by atoms with Crippen molar-refractivity contribution in [2.75, 3.05) is 13.2 Å². The van der Waals surface area contributed by atoms with E-state index in [0.29, 0.717) is 6.10 Å². The third-order valence-electron chi connectivity index (χ3n) is 3.59. The summed E-state index contributed by atoms with van der Waals surface area (Å²) in [7, 11) is 0. The molecule has 0 amide bonds. The molecule has 0 atom stereocenters. The van der Waals surface area contributed by atoms with Crippen LogP contribution in [0.15, 0.2) is 0 Å². The number of rotatable bonds is 5. The molecule has 1 N–H and O–H groups in total. The van der Waals surface area contributed by atoms with Gasteiger partial charge in [-0.2, -0.15) is 0 Å². The lowest BCUT2D eigenvalue weighted by Crippen LogP contribution is -2.67. The van der Waals surface area contributed by atoms with Gasteiger partial charge >= 0.3 is 0 Å². The van der Waals surface area contributed by atoms with E-state index in [2.05, 4.69) is 52.0 Å². The minimum atomic E-state index is 0.150. The van der Waals surface area contributed by atoms with E-state index in [1.54, 1.807) is 0 Å². The van der Waals surface area contributed by atoms with Gasteiger partial charge in [0, 0.05) is 24.2 Å². The van der Waals surface area contributed by atoms with Gasteiger partial charge in [0.15, 0.2) is 0 Å². The molecule has 0 unspecified atom stereocenters. The first-order chi connectivity index (χ1) is 7.83. The highest BCUT2D eigenvalue weighted by atomic mass is 16.5. The van der Waals surface area contributed by atoms with Crippen molar-refractivity contribution in [3.63, 3.8) is 0 Å². The minimum Gasteiger partial charge on any atom is -0.378 e. The van der Waals surface area contributed by atoms with Crippen LogP contribution in [-0.2, 0) is 4.74 Å². The Morgan fingerprint density at radius 3 is 2.06 bits per heavy atom. The summed E-state index contributed by atoms with van der Waals surface area (Å²) in [6.07, 6.45) is 3.75. The fraction of sp³-hybridized carbons (Fsp3) is 1.00. The molecule has 0 bridgehead atoms. The average Bonchev–Trinajstić information content (AvgIpc) is 2.14. The maximum Gasteiger partial charge on any atom is 0.0610 e. The van der Waals surface area contributed by atoms with Crippen LogP contribution in [-0.4, -0.2) is 35.3 Å². The second kappa shape index (κ2) is 5.68. The van der Waals surface area contributed by atoms with Gasteiger partial charge in [0.1, 0.15) is 0 Å². The molecule has 0 aromatic rings. The molecule has 0 aromatic heterocycles. The van der Waals surface area contributed by atoms with E-state index in [1.807, 2.05) is 0 Å². The lowest BCUT2D eigenvalue weighted by molar-refractivity contribution is -0.127. The molecule has 1 aliphatic heterocycles. The summed E-state index contributed by atoms with van der Waals surface area (Å²) in [5.41, 5.74) is 3.89. The quantitative estimate of drug-likeness (QED) is 0.802. The van der Waals surface area contributed by atoms with Crippen LogP contribution >= 0.6 is 0 Å². The molecule has 1 heterocycles. The maximum atomic E-state index is 5.85. The van der Waals surface area contributed by atoms with E-state index in [4.69, 9.17) is 4.74 Å². The number of nitrogens with zero attached hydrogens (tertiary/aromatic N) is 1. The molecule has 0 saturated carbocycles. The molecule has 0 aliphatic carbocycles. The van der Waals surface area contributed by atoms with Crippen molar-refractivity contribution in [2.45, 2.75) is 78.0 Å². The maximum absolute atomic E-state index is 5.85. The van der Waals surface area contributed by atoms with Crippen LogP contribution in [0.2, 0.25) is 0 Å². The number of hydrazine groups is 1. The summed E-state index contributed by atoms with van der Waals surface area (Å²) >= 11 is 0. The highest BCUT2D eigenvalue weighted by Crippen LogP contribution is 2.37. The van der Waals surface area contributed by atoms with E-state index in [-0.39, 0.29) is 11.1 Å². The molecule has 0 radical (unpaired) electrons. The molecule has 0 spiro atoms. The fourth-order valence-electron chi connectivity index (χ4n) is 3.19. The first kappa shape index (κ1) is 14.9. The van der Waals surface area contributed by atoms with Crippen molar-refractivity contribution in [3.05, 3.63) is 0 Å². The minimum absolute atomic E-state index is 0.150. The van der Waals surface area contributed by atoms with Crippen molar-refractivity contribution in [1.29, 1.82) is 0 Å². The summed E-state index contributed by atoms with van der Waals surface area (Å²) in [5.74, 6) is 0. The molecule has 1 aliphatic rings. The smallest absolute Gasteiger partial charge is 0.0610 e. The Bertz CT molecular complexity index is 220. The monoisotopic (exact) mass is 242 g/mol. The molecule has 1 rings (SSSR count). The van der Waals surface area contributed by atoms with Gasteiger partial charge in [0.25, 0.3) is 0 Å². The van der Waals surface area contributed by atoms with Crippen LogP contribution < -0.4 is 5.43 Å². The number of ether oxygens (including phenoxy) is 1. The van der Waals surface area contributed by atoms with Gasteiger partial charge in [0.2, 0.25) is 0 Å². The van der Waals surface area contributed by atoms with Crippen LogP contribution in [0, 0.1) is 0 Å². The van der Waals surface area contributed by atoms with Gasteiger partial charge in [-0.3, -0.25) is 5.43 Å². The third kappa shape index (κ3) is 3.67. The van der Waals surface area contributed by atoms with Crippen molar-refractivity contribution >= 4 is 0 Å². The predicted molar refractivity (Wildman–Crippen MR) is 72.9 cm³/mol. The number of hydrogen-bond donors (Lipinski definition) is 1. The predicted octanol–water partition coefficient (Wildman–Crippen LogP) is 2.96.